The third-order valence-electron chi connectivity index (χ3n) is 4.74. The van der Waals surface area contributed by atoms with Crippen molar-refractivity contribution in [3.8, 4) is 0 Å². The first kappa shape index (κ1) is 15.8. The zero-order valence-electron chi connectivity index (χ0n) is 13.7. The average molecular weight is 286 g/mol. The molecule has 0 bridgehead atoms. The lowest BCUT2D eigenvalue weighted by atomic mass is 9.90. The summed E-state index contributed by atoms with van der Waals surface area (Å²) in [5, 5.41) is 0. The van der Waals surface area contributed by atoms with E-state index in [1.54, 1.807) is 0 Å². The molecule has 0 saturated heterocycles. The number of esters is 1. The Hall–Kier alpha value is -1.57. The smallest absolute Gasteiger partial charge is 0.309 e. The summed E-state index contributed by atoms with van der Waals surface area (Å²) in [4.78, 5) is 12.3. The number of rotatable bonds is 5. The van der Waals surface area contributed by atoms with Crippen molar-refractivity contribution in [2.75, 3.05) is 7.11 Å². The molecule has 114 valence electrons. The highest BCUT2D eigenvalue weighted by atomic mass is 16.5. The van der Waals surface area contributed by atoms with Crippen LogP contribution in [0.15, 0.2) is 42.0 Å². The lowest BCUT2D eigenvalue weighted by molar-refractivity contribution is -0.146. The normalized spacial score (nSPS) is 24.0. The summed E-state index contributed by atoms with van der Waals surface area (Å²) in [6.45, 7) is 8.75. The fourth-order valence-electron chi connectivity index (χ4n) is 3.54. The first-order chi connectivity index (χ1) is 9.87. The lowest BCUT2D eigenvalue weighted by Crippen LogP contribution is -2.23. The summed E-state index contributed by atoms with van der Waals surface area (Å²) in [7, 11) is 1.49. The van der Waals surface area contributed by atoms with Gasteiger partial charge in [0.2, 0.25) is 0 Å². The first-order valence-corrected chi connectivity index (χ1v) is 7.64. The highest BCUT2D eigenvalue weighted by Gasteiger charge is 2.61. The van der Waals surface area contributed by atoms with Gasteiger partial charge in [-0.2, -0.15) is 0 Å². The van der Waals surface area contributed by atoms with Crippen LogP contribution in [0, 0.1) is 23.2 Å². The largest absolute Gasteiger partial charge is 0.469 e. The molecule has 1 unspecified atom stereocenters. The summed E-state index contributed by atoms with van der Waals surface area (Å²) in [6.07, 6.45) is 3.07. The summed E-state index contributed by atoms with van der Waals surface area (Å²) >= 11 is 0. The predicted molar refractivity (Wildman–Crippen MR) is 85.8 cm³/mol. The van der Waals surface area contributed by atoms with Crippen LogP contribution in [0.25, 0.3) is 0 Å². The fourth-order valence-corrected chi connectivity index (χ4v) is 3.54. The summed E-state index contributed by atoms with van der Waals surface area (Å²) in [5.41, 5.74) is 2.69. The minimum Gasteiger partial charge on any atom is -0.469 e. The molecule has 0 aliphatic heterocycles. The van der Waals surface area contributed by atoms with Crippen molar-refractivity contribution in [1.82, 2.24) is 0 Å². The molecule has 21 heavy (non-hydrogen) atoms. The van der Waals surface area contributed by atoms with E-state index >= 15 is 0 Å². The molecule has 2 nitrogen and oxygen atoms in total. The molecule has 1 aliphatic carbocycles. The summed E-state index contributed by atoms with van der Waals surface area (Å²) < 4.78 is 5.07. The quantitative estimate of drug-likeness (QED) is 0.597. The number of carbonyl (C=O) groups excluding carboxylic acids is 1. The number of allylic oxidation sites excluding steroid dienone is 2. The van der Waals surface area contributed by atoms with Gasteiger partial charge in [-0.25, -0.2) is 0 Å². The van der Waals surface area contributed by atoms with Gasteiger partial charge in [-0.05, 0) is 43.1 Å². The Balaban J connectivity index is 2.22. The van der Waals surface area contributed by atoms with Crippen molar-refractivity contribution in [3.05, 3.63) is 47.5 Å². The van der Waals surface area contributed by atoms with E-state index in [0.29, 0.717) is 11.8 Å². The van der Waals surface area contributed by atoms with Gasteiger partial charge in [-0.15, -0.1) is 0 Å². The van der Waals surface area contributed by atoms with Crippen molar-refractivity contribution >= 4 is 5.97 Å². The lowest BCUT2D eigenvalue weighted by Gasteiger charge is -2.16. The summed E-state index contributed by atoms with van der Waals surface area (Å²) in [6, 6.07) is 10.2. The van der Waals surface area contributed by atoms with E-state index in [4.69, 9.17) is 4.74 Å². The van der Waals surface area contributed by atoms with Crippen molar-refractivity contribution in [1.29, 1.82) is 0 Å². The molecule has 3 atom stereocenters. The third-order valence-corrected chi connectivity index (χ3v) is 4.74. The van der Waals surface area contributed by atoms with E-state index in [1.807, 2.05) is 18.2 Å². The van der Waals surface area contributed by atoms with E-state index in [0.717, 1.165) is 6.42 Å². The van der Waals surface area contributed by atoms with Crippen LogP contribution in [0.4, 0.5) is 0 Å². The average Bonchev–Trinajstić information content (AvgIpc) is 2.96. The molecule has 0 heterocycles. The molecule has 0 aromatic heterocycles. The van der Waals surface area contributed by atoms with Gasteiger partial charge in [0.1, 0.15) is 0 Å². The number of hydrogen-bond acceptors (Lipinski definition) is 2. The maximum Gasteiger partial charge on any atom is 0.309 e. The van der Waals surface area contributed by atoms with Gasteiger partial charge < -0.3 is 4.74 Å². The van der Waals surface area contributed by atoms with Crippen LogP contribution < -0.4 is 0 Å². The van der Waals surface area contributed by atoms with Crippen molar-refractivity contribution in [3.63, 3.8) is 0 Å². The molecule has 1 aromatic carbocycles. The number of hydrogen-bond donors (Lipinski definition) is 0. The number of ether oxygens (including phenoxy) is 1. The topological polar surface area (TPSA) is 26.3 Å². The molecule has 0 N–H and O–H groups in total. The Labute approximate surface area is 128 Å². The van der Waals surface area contributed by atoms with E-state index in [1.165, 1.54) is 18.2 Å². The molecule has 2 rings (SSSR count). The van der Waals surface area contributed by atoms with Gasteiger partial charge in [0.15, 0.2) is 0 Å². The van der Waals surface area contributed by atoms with E-state index in [2.05, 4.69) is 45.9 Å². The molecule has 2 heteroatoms. The molecule has 0 amide bonds. The Bertz CT molecular complexity index is 524. The number of benzene rings is 1. The molecule has 1 aliphatic rings. The van der Waals surface area contributed by atoms with Crippen molar-refractivity contribution in [2.24, 2.45) is 23.2 Å². The summed E-state index contributed by atoms with van der Waals surface area (Å²) in [5.74, 6) is 0.685. The minimum absolute atomic E-state index is 0.0620. The van der Waals surface area contributed by atoms with Crippen LogP contribution in [0.5, 0.6) is 0 Å². The molecule has 1 aromatic rings. The number of carbonyl (C=O) groups is 1. The van der Waals surface area contributed by atoms with Gasteiger partial charge in [-0.3, -0.25) is 4.79 Å². The van der Waals surface area contributed by atoms with Gasteiger partial charge in [0.05, 0.1) is 13.0 Å². The zero-order chi connectivity index (χ0) is 15.6. The van der Waals surface area contributed by atoms with Crippen molar-refractivity contribution < 1.29 is 9.53 Å². The third kappa shape index (κ3) is 3.37. The molecule has 0 radical (unpaired) electrons. The maximum absolute atomic E-state index is 12.3. The second-order valence-electron chi connectivity index (χ2n) is 6.94. The first-order valence-electron chi connectivity index (χ1n) is 7.64. The molecular formula is C19H26O2. The number of methoxy groups -OCH3 is 1. The van der Waals surface area contributed by atoms with E-state index in [9.17, 15) is 4.79 Å². The Kier molecular flexibility index (Phi) is 4.55. The zero-order valence-corrected chi connectivity index (χ0v) is 13.7. The van der Waals surface area contributed by atoms with Crippen LogP contribution >= 0.6 is 0 Å². The van der Waals surface area contributed by atoms with E-state index in [-0.39, 0.29) is 17.3 Å². The molecule has 1 saturated carbocycles. The SMILES string of the molecule is COC(=O)C(Cc1ccccc1)[C@H]1[C@@H](C=C(C)C)C1(C)C. The Morgan fingerprint density at radius 3 is 2.43 bits per heavy atom. The fraction of sp³-hybridized carbons (Fsp3) is 0.526. The minimum atomic E-state index is -0.0819. The van der Waals surface area contributed by atoms with Crippen LogP contribution in [-0.4, -0.2) is 13.1 Å². The van der Waals surface area contributed by atoms with Crippen LogP contribution in [0.3, 0.4) is 0 Å². The van der Waals surface area contributed by atoms with Crippen LogP contribution in [0.1, 0.15) is 33.3 Å². The van der Waals surface area contributed by atoms with Gasteiger partial charge in [0, 0.05) is 0 Å². The van der Waals surface area contributed by atoms with Crippen LogP contribution in [0.2, 0.25) is 0 Å². The van der Waals surface area contributed by atoms with Gasteiger partial charge in [-0.1, -0.05) is 55.8 Å². The Morgan fingerprint density at radius 2 is 1.90 bits per heavy atom. The van der Waals surface area contributed by atoms with E-state index < -0.39 is 0 Å². The Morgan fingerprint density at radius 1 is 1.29 bits per heavy atom. The standard InChI is InChI=1S/C19H26O2/c1-13(2)11-16-17(19(16,3)4)15(18(20)21-5)12-14-9-7-6-8-10-14/h6-11,15-17H,12H2,1-5H3/t15?,16-,17+/m1/s1. The van der Waals surface area contributed by atoms with Gasteiger partial charge in [0.25, 0.3) is 0 Å². The monoisotopic (exact) mass is 286 g/mol. The highest BCUT2D eigenvalue weighted by molar-refractivity contribution is 5.74. The second-order valence-corrected chi connectivity index (χ2v) is 6.94. The molecule has 1 fully saturated rings. The second kappa shape index (κ2) is 6.05. The van der Waals surface area contributed by atoms with Gasteiger partial charge >= 0.3 is 5.97 Å². The van der Waals surface area contributed by atoms with Crippen molar-refractivity contribution in [2.45, 2.75) is 34.1 Å². The predicted octanol–water partition coefficient (Wildman–Crippen LogP) is 4.26. The maximum atomic E-state index is 12.3. The molecular weight excluding hydrogens is 260 g/mol. The highest BCUT2D eigenvalue weighted by Crippen LogP contribution is 2.63. The van der Waals surface area contributed by atoms with Crippen LogP contribution in [-0.2, 0) is 16.0 Å². The molecule has 0 spiro atoms.